The van der Waals surface area contributed by atoms with Crippen molar-refractivity contribution in [2.24, 2.45) is 0 Å². The second kappa shape index (κ2) is 7.43. The average Bonchev–Trinajstić information content (AvgIpc) is 2.86. The summed E-state index contributed by atoms with van der Waals surface area (Å²) in [5.74, 6) is 0.00660. The molecular weight excluding hydrogens is 334 g/mol. The highest BCUT2D eigenvalue weighted by molar-refractivity contribution is 6.03. The van der Waals surface area contributed by atoms with Gasteiger partial charge >= 0.3 is 0 Å². The third-order valence-corrected chi connectivity index (χ3v) is 4.56. The van der Waals surface area contributed by atoms with Gasteiger partial charge in [-0.05, 0) is 18.6 Å². The Morgan fingerprint density at radius 3 is 2.96 bits per heavy atom. The number of ether oxygens (including phenoxy) is 1. The Hall–Kier alpha value is -3.09. The molecule has 26 heavy (non-hydrogen) atoms. The minimum absolute atomic E-state index is 0.0203. The highest BCUT2D eigenvalue weighted by Crippen LogP contribution is 2.32. The Labute approximate surface area is 151 Å². The molecule has 1 atom stereocenters. The topological polar surface area (TPSA) is 87.7 Å². The summed E-state index contributed by atoms with van der Waals surface area (Å²) in [4.78, 5) is 38.2. The van der Waals surface area contributed by atoms with E-state index in [-0.39, 0.29) is 30.6 Å². The summed E-state index contributed by atoms with van der Waals surface area (Å²) in [6.45, 7) is 7.97. The van der Waals surface area contributed by atoms with Gasteiger partial charge in [-0.2, -0.15) is 0 Å². The number of hydrogen-bond donors (Lipinski definition) is 2. The number of anilines is 1. The monoisotopic (exact) mass is 355 g/mol. The number of benzene rings is 1. The van der Waals surface area contributed by atoms with Crippen LogP contribution >= 0.6 is 0 Å². The number of amides is 2. The number of carbonyl (C=O) groups is 3. The summed E-state index contributed by atoms with van der Waals surface area (Å²) in [6, 6.07) is 4.77. The number of rotatable bonds is 6. The van der Waals surface area contributed by atoms with Crippen LogP contribution in [0.1, 0.15) is 28.8 Å². The van der Waals surface area contributed by atoms with E-state index in [1.165, 1.54) is 6.26 Å². The van der Waals surface area contributed by atoms with Gasteiger partial charge < -0.3 is 20.3 Å². The van der Waals surface area contributed by atoms with Crippen molar-refractivity contribution in [1.29, 1.82) is 0 Å². The van der Waals surface area contributed by atoms with Crippen LogP contribution in [0.4, 0.5) is 5.69 Å². The highest BCUT2D eigenvalue weighted by atomic mass is 16.5. The number of hydrogen-bond acceptors (Lipinski definition) is 5. The summed E-state index contributed by atoms with van der Waals surface area (Å²) < 4.78 is 5.10. The first-order valence-electron chi connectivity index (χ1n) is 8.42. The smallest absolute Gasteiger partial charge is 0.255 e. The van der Waals surface area contributed by atoms with Gasteiger partial charge in [0, 0.05) is 29.8 Å². The maximum absolute atomic E-state index is 12.8. The number of nitrogens with one attached hydrogen (secondary N) is 2. The number of nitrogens with zero attached hydrogens (tertiary/aromatic N) is 1. The van der Waals surface area contributed by atoms with E-state index in [9.17, 15) is 14.4 Å². The molecule has 3 rings (SSSR count). The quantitative estimate of drug-likeness (QED) is 0.757. The summed E-state index contributed by atoms with van der Waals surface area (Å²) in [5.41, 5.74) is 2.18. The molecule has 1 aromatic carbocycles. The highest BCUT2D eigenvalue weighted by Gasteiger charge is 2.38. The van der Waals surface area contributed by atoms with Gasteiger partial charge in [-0.1, -0.05) is 19.2 Å². The molecule has 1 aromatic rings. The summed E-state index contributed by atoms with van der Waals surface area (Å²) in [6.07, 6.45) is 1.93. The second-order valence-electron chi connectivity index (χ2n) is 6.25. The van der Waals surface area contributed by atoms with Gasteiger partial charge in [0.2, 0.25) is 5.91 Å². The molecule has 0 radical (unpaired) electrons. The second-order valence-corrected chi connectivity index (χ2v) is 6.25. The van der Waals surface area contributed by atoms with Gasteiger partial charge in [0.15, 0.2) is 5.78 Å². The van der Waals surface area contributed by atoms with Gasteiger partial charge in [-0.15, -0.1) is 0 Å². The van der Waals surface area contributed by atoms with Crippen LogP contribution in [0.15, 0.2) is 43.4 Å². The lowest BCUT2D eigenvalue weighted by atomic mass is 10.1. The van der Waals surface area contributed by atoms with Crippen molar-refractivity contribution in [2.45, 2.75) is 25.4 Å². The molecule has 0 aromatic heterocycles. The first kappa shape index (κ1) is 17.7. The van der Waals surface area contributed by atoms with E-state index in [2.05, 4.69) is 23.8 Å². The van der Waals surface area contributed by atoms with Gasteiger partial charge in [-0.25, -0.2) is 0 Å². The Morgan fingerprint density at radius 1 is 1.38 bits per heavy atom. The molecule has 7 heteroatoms. The third-order valence-electron chi connectivity index (χ3n) is 4.56. The Morgan fingerprint density at radius 2 is 2.19 bits per heavy atom. The van der Waals surface area contributed by atoms with Gasteiger partial charge in [0.1, 0.15) is 11.8 Å². The van der Waals surface area contributed by atoms with Crippen LogP contribution in [-0.2, 0) is 20.9 Å². The SMILES string of the molecule is C=COC(=C)CNc1cccc2c1CN(C1CCC(=O)CNC1=O)C2=O. The van der Waals surface area contributed by atoms with E-state index in [0.717, 1.165) is 11.3 Å². The molecule has 1 fully saturated rings. The van der Waals surface area contributed by atoms with Crippen molar-refractivity contribution >= 4 is 23.3 Å². The Bertz CT molecular complexity index is 787. The molecule has 2 amide bonds. The number of Topliss-reactive ketones (excluding diaryl/α,β-unsaturated/α-hetero) is 1. The zero-order valence-electron chi connectivity index (χ0n) is 14.4. The minimum atomic E-state index is -0.631. The van der Waals surface area contributed by atoms with Crippen LogP contribution in [-0.4, -0.2) is 41.6 Å². The first-order chi connectivity index (χ1) is 12.5. The maximum Gasteiger partial charge on any atom is 0.255 e. The van der Waals surface area contributed by atoms with Crippen molar-refractivity contribution in [3.8, 4) is 0 Å². The van der Waals surface area contributed by atoms with E-state index >= 15 is 0 Å². The van der Waals surface area contributed by atoms with Gasteiger partial charge in [-0.3, -0.25) is 14.4 Å². The predicted octanol–water partition coefficient (Wildman–Crippen LogP) is 1.58. The standard InChI is InChI=1S/C19H21N3O4/c1-3-26-12(2)9-20-16-6-4-5-14-15(16)11-22(19(14)25)17-8-7-13(23)10-21-18(17)24/h3-6,17,20H,1-2,7-11H2,(H,21,24). The predicted molar refractivity (Wildman–Crippen MR) is 96.3 cm³/mol. The van der Waals surface area contributed by atoms with Crippen LogP contribution < -0.4 is 10.6 Å². The van der Waals surface area contributed by atoms with Gasteiger partial charge in [0.25, 0.3) is 5.91 Å². The molecule has 1 unspecified atom stereocenters. The summed E-state index contributed by atoms with van der Waals surface area (Å²) in [5, 5.41) is 5.80. The minimum Gasteiger partial charge on any atom is -0.469 e. The van der Waals surface area contributed by atoms with E-state index in [1.807, 2.05) is 6.07 Å². The lowest BCUT2D eigenvalue weighted by molar-refractivity contribution is -0.126. The largest absolute Gasteiger partial charge is 0.469 e. The molecule has 0 bridgehead atoms. The fourth-order valence-corrected chi connectivity index (χ4v) is 3.24. The van der Waals surface area contributed by atoms with Crippen LogP contribution in [0.25, 0.3) is 0 Å². The van der Waals surface area contributed by atoms with E-state index in [0.29, 0.717) is 30.8 Å². The number of carbonyl (C=O) groups excluding carboxylic acids is 3. The molecule has 0 spiro atoms. The normalized spacial score (nSPS) is 19.5. The molecule has 2 heterocycles. The van der Waals surface area contributed by atoms with Crippen molar-refractivity contribution < 1.29 is 19.1 Å². The fourth-order valence-electron chi connectivity index (χ4n) is 3.24. The van der Waals surface area contributed by atoms with Crippen molar-refractivity contribution in [3.63, 3.8) is 0 Å². The average molecular weight is 355 g/mol. The van der Waals surface area contributed by atoms with E-state index in [4.69, 9.17) is 4.74 Å². The van der Waals surface area contributed by atoms with E-state index < -0.39 is 6.04 Å². The molecule has 0 aliphatic carbocycles. The molecule has 1 saturated heterocycles. The molecule has 7 nitrogen and oxygen atoms in total. The first-order valence-corrected chi connectivity index (χ1v) is 8.42. The molecule has 0 saturated carbocycles. The van der Waals surface area contributed by atoms with Crippen molar-refractivity contribution in [2.75, 3.05) is 18.4 Å². The van der Waals surface area contributed by atoms with Crippen molar-refractivity contribution in [1.82, 2.24) is 10.2 Å². The molecule has 2 N–H and O–H groups in total. The van der Waals surface area contributed by atoms with Gasteiger partial charge in [0.05, 0.1) is 19.4 Å². The third kappa shape index (κ3) is 3.46. The van der Waals surface area contributed by atoms with Crippen LogP contribution in [0, 0.1) is 0 Å². The van der Waals surface area contributed by atoms with Crippen LogP contribution in [0.2, 0.25) is 0 Å². The molecular formula is C19H21N3O4. The summed E-state index contributed by atoms with van der Waals surface area (Å²) in [7, 11) is 0. The zero-order chi connectivity index (χ0) is 18.7. The Kier molecular flexibility index (Phi) is 5.06. The molecule has 2 aliphatic rings. The number of ketones is 1. The lowest BCUT2D eigenvalue weighted by Crippen LogP contribution is -2.46. The molecule has 136 valence electrons. The zero-order valence-corrected chi connectivity index (χ0v) is 14.4. The molecule has 2 aliphatic heterocycles. The Balaban J connectivity index is 1.79. The number of fused-ring (bicyclic) bond motifs is 1. The van der Waals surface area contributed by atoms with E-state index in [1.54, 1.807) is 17.0 Å². The van der Waals surface area contributed by atoms with Crippen LogP contribution in [0.3, 0.4) is 0 Å². The fraction of sp³-hybridized carbons (Fsp3) is 0.316. The lowest BCUT2D eigenvalue weighted by Gasteiger charge is -2.25. The van der Waals surface area contributed by atoms with Crippen LogP contribution in [0.5, 0.6) is 0 Å². The maximum atomic E-state index is 12.8. The van der Waals surface area contributed by atoms with Crippen molar-refractivity contribution in [3.05, 3.63) is 54.5 Å². The summed E-state index contributed by atoms with van der Waals surface area (Å²) >= 11 is 0.